The fourth-order valence-corrected chi connectivity index (χ4v) is 2.48. The van der Waals surface area contributed by atoms with Gasteiger partial charge in [-0.15, -0.1) is 0 Å². The van der Waals surface area contributed by atoms with Gasteiger partial charge in [-0.3, -0.25) is 15.1 Å². The van der Waals surface area contributed by atoms with E-state index in [0.717, 1.165) is 16.5 Å². The summed E-state index contributed by atoms with van der Waals surface area (Å²) in [4.78, 5) is 14.8. The monoisotopic (exact) mass is 306 g/mol. The molecule has 0 saturated heterocycles. The molecule has 0 radical (unpaired) electrons. The Morgan fingerprint density at radius 2 is 1.87 bits per heavy atom. The minimum atomic E-state index is -0.600. The maximum atomic E-state index is 11.0. The number of phenols is 1. The highest BCUT2D eigenvalue weighted by atomic mass is 16.6. The summed E-state index contributed by atoms with van der Waals surface area (Å²) in [5.41, 5.74) is 1.44. The first-order valence-corrected chi connectivity index (χ1v) is 7.06. The van der Waals surface area contributed by atoms with Gasteiger partial charge in [-0.05, 0) is 30.0 Å². The minimum Gasteiger partial charge on any atom is -0.502 e. The standard InChI is InChI=1S/C18H14N2O3/c1-12-9-14(18(21)17(10-12)20(22)23)11-19-16-8-4-6-13-5-2-3-7-15(13)16/h2-11,21H,1H3. The normalized spacial score (nSPS) is 11.2. The van der Waals surface area contributed by atoms with Crippen LogP contribution >= 0.6 is 0 Å². The van der Waals surface area contributed by atoms with Crippen molar-refractivity contribution in [3.05, 3.63) is 75.8 Å². The molecule has 3 rings (SSSR count). The van der Waals surface area contributed by atoms with E-state index in [0.29, 0.717) is 11.1 Å². The molecule has 0 spiro atoms. The molecule has 0 saturated carbocycles. The summed E-state index contributed by atoms with van der Waals surface area (Å²) in [5, 5.41) is 23.1. The predicted molar refractivity (Wildman–Crippen MR) is 90.7 cm³/mol. The van der Waals surface area contributed by atoms with E-state index in [1.54, 1.807) is 13.0 Å². The van der Waals surface area contributed by atoms with Crippen LogP contribution in [0.25, 0.3) is 10.8 Å². The lowest BCUT2D eigenvalue weighted by Gasteiger charge is -2.04. The maximum absolute atomic E-state index is 11.0. The molecule has 0 aliphatic heterocycles. The Morgan fingerprint density at radius 3 is 2.65 bits per heavy atom. The van der Waals surface area contributed by atoms with Gasteiger partial charge in [0.2, 0.25) is 5.75 Å². The topological polar surface area (TPSA) is 75.7 Å². The number of aromatic hydroxyl groups is 1. The van der Waals surface area contributed by atoms with Crippen LogP contribution in [0.2, 0.25) is 0 Å². The van der Waals surface area contributed by atoms with E-state index in [1.165, 1.54) is 12.3 Å². The number of phenolic OH excluding ortho intramolecular Hbond substituents is 1. The van der Waals surface area contributed by atoms with Crippen LogP contribution in [0.1, 0.15) is 11.1 Å². The van der Waals surface area contributed by atoms with Crippen molar-refractivity contribution in [1.82, 2.24) is 0 Å². The maximum Gasteiger partial charge on any atom is 0.311 e. The van der Waals surface area contributed by atoms with E-state index in [4.69, 9.17) is 0 Å². The number of aliphatic imine (C=N–C) groups is 1. The summed E-state index contributed by atoms with van der Waals surface area (Å²) >= 11 is 0. The predicted octanol–water partition coefficient (Wildman–Crippen LogP) is 4.51. The van der Waals surface area contributed by atoms with E-state index >= 15 is 0 Å². The molecule has 3 aromatic carbocycles. The Bertz CT molecular complexity index is 927. The van der Waals surface area contributed by atoms with Crippen molar-refractivity contribution in [3.63, 3.8) is 0 Å². The first-order chi connectivity index (χ1) is 11.1. The molecule has 114 valence electrons. The van der Waals surface area contributed by atoms with Crippen molar-refractivity contribution >= 4 is 28.4 Å². The summed E-state index contributed by atoms with van der Waals surface area (Å²) < 4.78 is 0. The summed E-state index contributed by atoms with van der Waals surface area (Å²) in [6.45, 7) is 1.74. The van der Waals surface area contributed by atoms with Crippen molar-refractivity contribution in [2.75, 3.05) is 0 Å². The lowest BCUT2D eigenvalue weighted by molar-refractivity contribution is -0.385. The van der Waals surface area contributed by atoms with Gasteiger partial charge < -0.3 is 5.11 Å². The highest BCUT2D eigenvalue weighted by molar-refractivity contribution is 5.96. The number of benzene rings is 3. The van der Waals surface area contributed by atoms with Gasteiger partial charge in [0.25, 0.3) is 0 Å². The van der Waals surface area contributed by atoms with Gasteiger partial charge >= 0.3 is 5.69 Å². The van der Waals surface area contributed by atoms with E-state index in [-0.39, 0.29) is 11.4 Å². The molecule has 0 bridgehead atoms. The van der Waals surface area contributed by atoms with Crippen molar-refractivity contribution in [2.24, 2.45) is 4.99 Å². The third kappa shape index (κ3) is 2.89. The van der Waals surface area contributed by atoms with Crippen molar-refractivity contribution in [3.8, 4) is 5.75 Å². The number of aryl methyl sites for hydroxylation is 1. The quantitative estimate of drug-likeness (QED) is 0.439. The zero-order valence-electron chi connectivity index (χ0n) is 12.4. The Morgan fingerprint density at radius 1 is 1.13 bits per heavy atom. The van der Waals surface area contributed by atoms with Crippen LogP contribution < -0.4 is 0 Å². The van der Waals surface area contributed by atoms with Crippen molar-refractivity contribution in [2.45, 2.75) is 6.92 Å². The van der Waals surface area contributed by atoms with Gasteiger partial charge in [0.1, 0.15) is 0 Å². The Hall–Kier alpha value is -3.21. The summed E-state index contributed by atoms with van der Waals surface area (Å²) in [6.07, 6.45) is 1.46. The molecule has 0 atom stereocenters. The molecule has 0 amide bonds. The third-order valence-electron chi connectivity index (χ3n) is 3.57. The van der Waals surface area contributed by atoms with Crippen LogP contribution in [-0.4, -0.2) is 16.2 Å². The van der Waals surface area contributed by atoms with Gasteiger partial charge in [-0.1, -0.05) is 36.4 Å². The molecule has 0 aromatic heterocycles. The Labute approximate surface area is 132 Å². The average Bonchev–Trinajstić information content (AvgIpc) is 2.55. The number of nitro groups is 1. The first kappa shape index (κ1) is 14.7. The smallest absolute Gasteiger partial charge is 0.311 e. The molecule has 5 heteroatoms. The van der Waals surface area contributed by atoms with Crippen LogP contribution in [0.15, 0.2) is 59.6 Å². The molecule has 3 aromatic rings. The summed E-state index contributed by atoms with van der Waals surface area (Å²) in [6, 6.07) is 16.6. The molecule has 0 aliphatic carbocycles. The van der Waals surface area contributed by atoms with Crippen LogP contribution in [0.3, 0.4) is 0 Å². The van der Waals surface area contributed by atoms with E-state index < -0.39 is 4.92 Å². The average molecular weight is 306 g/mol. The Balaban J connectivity index is 2.08. The van der Waals surface area contributed by atoms with Gasteiger partial charge in [0.05, 0.1) is 10.6 Å². The molecular formula is C18H14N2O3. The number of fused-ring (bicyclic) bond motifs is 1. The zero-order valence-corrected chi connectivity index (χ0v) is 12.4. The van der Waals surface area contributed by atoms with Crippen LogP contribution in [0, 0.1) is 17.0 Å². The second-order valence-electron chi connectivity index (χ2n) is 5.24. The number of rotatable bonds is 3. The molecular weight excluding hydrogens is 292 g/mol. The lowest BCUT2D eigenvalue weighted by atomic mass is 10.1. The van der Waals surface area contributed by atoms with E-state index in [2.05, 4.69) is 4.99 Å². The van der Waals surface area contributed by atoms with Crippen molar-refractivity contribution < 1.29 is 10.0 Å². The Kier molecular flexibility index (Phi) is 3.76. The number of hydrogen-bond acceptors (Lipinski definition) is 4. The molecule has 0 aliphatic rings. The molecule has 1 N–H and O–H groups in total. The minimum absolute atomic E-state index is 0.315. The molecule has 0 unspecified atom stereocenters. The fourth-order valence-electron chi connectivity index (χ4n) is 2.48. The molecule has 23 heavy (non-hydrogen) atoms. The van der Waals surface area contributed by atoms with Gasteiger partial charge in [0.15, 0.2) is 0 Å². The second kappa shape index (κ2) is 5.88. The van der Waals surface area contributed by atoms with Gasteiger partial charge in [-0.25, -0.2) is 0 Å². The third-order valence-corrected chi connectivity index (χ3v) is 3.57. The summed E-state index contributed by atoms with van der Waals surface area (Å²) in [5.74, 6) is -0.371. The molecule has 0 fully saturated rings. The fraction of sp³-hybridized carbons (Fsp3) is 0.0556. The zero-order chi connectivity index (χ0) is 16.4. The SMILES string of the molecule is Cc1cc(C=Nc2cccc3ccccc23)c(O)c([N+](=O)[O-])c1. The molecule has 0 heterocycles. The van der Waals surface area contributed by atoms with Gasteiger partial charge in [0, 0.05) is 23.2 Å². The largest absolute Gasteiger partial charge is 0.502 e. The molecule has 5 nitrogen and oxygen atoms in total. The number of nitrogens with zero attached hydrogens (tertiary/aromatic N) is 2. The summed E-state index contributed by atoms with van der Waals surface area (Å²) in [7, 11) is 0. The van der Waals surface area contributed by atoms with Crippen LogP contribution in [-0.2, 0) is 0 Å². The van der Waals surface area contributed by atoms with Crippen LogP contribution in [0.4, 0.5) is 11.4 Å². The highest BCUT2D eigenvalue weighted by Gasteiger charge is 2.17. The number of nitro benzene ring substituents is 1. The lowest BCUT2D eigenvalue weighted by Crippen LogP contribution is -1.93. The van der Waals surface area contributed by atoms with Gasteiger partial charge in [-0.2, -0.15) is 0 Å². The van der Waals surface area contributed by atoms with E-state index in [1.807, 2.05) is 42.5 Å². The first-order valence-electron chi connectivity index (χ1n) is 7.06. The second-order valence-corrected chi connectivity index (χ2v) is 5.24. The highest BCUT2D eigenvalue weighted by Crippen LogP contribution is 2.31. The number of hydrogen-bond donors (Lipinski definition) is 1. The van der Waals surface area contributed by atoms with E-state index in [9.17, 15) is 15.2 Å². The van der Waals surface area contributed by atoms with Crippen LogP contribution in [0.5, 0.6) is 5.75 Å². The van der Waals surface area contributed by atoms with Crippen molar-refractivity contribution in [1.29, 1.82) is 0 Å².